The van der Waals surface area contributed by atoms with Crippen molar-refractivity contribution in [3.8, 4) is 0 Å². The quantitative estimate of drug-likeness (QED) is 0.133. The fourth-order valence-electron chi connectivity index (χ4n) is 3.07. The number of nitrogens with one attached hydrogen (secondary N) is 3. The zero-order valence-corrected chi connectivity index (χ0v) is 22.9. The minimum atomic E-state index is -3.49. The Morgan fingerprint density at radius 2 is 1.70 bits per heavy atom. The maximum absolute atomic E-state index is 12.8. The number of aliphatic hydroxyl groups excluding tert-OH is 1. The lowest BCUT2D eigenvalue weighted by atomic mass is 10.0. The molecule has 0 saturated heterocycles. The van der Waals surface area contributed by atoms with Crippen LogP contribution in [-0.4, -0.2) is 67.6 Å². The van der Waals surface area contributed by atoms with Crippen LogP contribution in [0.4, 0.5) is 4.79 Å². The summed E-state index contributed by atoms with van der Waals surface area (Å²) in [7, 11) is -3.49. The van der Waals surface area contributed by atoms with Crippen molar-refractivity contribution in [3.63, 3.8) is 0 Å². The molecule has 0 spiro atoms. The number of amides is 3. The molecule has 0 aliphatic rings. The number of rotatable bonds is 17. The fourth-order valence-corrected chi connectivity index (χ4v) is 4.58. The van der Waals surface area contributed by atoms with E-state index in [0.29, 0.717) is 6.42 Å². The lowest BCUT2D eigenvalue weighted by Gasteiger charge is -2.23. The average molecular weight is 542 g/mol. The Kier molecular flexibility index (Phi) is 15.4. The molecule has 0 aliphatic carbocycles. The second-order valence-corrected chi connectivity index (χ2v) is 10.5. The van der Waals surface area contributed by atoms with Crippen LogP contribution in [0.5, 0.6) is 0 Å². The molecule has 0 unspecified atom stereocenters. The number of carbonyl (C=O) groups is 3. The first kappa shape index (κ1) is 32.3. The molecule has 11 nitrogen and oxygen atoms in total. The second-order valence-electron chi connectivity index (χ2n) is 8.40. The van der Waals surface area contributed by atoms with Crippen molar-refractivity contribution >= 4 is 25.5 Å². The van der Waals surface area contributed by atoms with E-state index < -0.39 is 43.7 Å². The first-order valence-corrected chi connectivity index (χ1v) is 14.1. The number of hydrogen-bond donors (Lipinski definition) is 4. The normalized spacial score (nSPS) is 13.2. The minimum absolute atomic E-state index is 0.0248. The van der Waals surface area contributed by atoms with E-state index in [1.54, 1.807) is 19.9 Å². The molecule has 1 rings (SSSR count). The lowest BCUT2D eigenvalue weighted by molar-refractivity contribution is -0.123. The van der Waals surface area contributed by atoms with Crippen LogP contribution in [0.2, 0.25) is 0 Å². The molecule has 1 aromatic carbocycles. The molecule has 0 heterocycles. The summed E-state index contributed by atoms with van der Waals surface area (Å²) in [6.45, 7) is 7.33. The summed E-state index contributed by atoms with van der Waals surface area (Å²) in [5.41, 5.74) is 0.795. The van der Waals surface area contributed by atoms with Gasteiger partial charge in [0.25, 0.3) is 0 Å². The highest BCUT2D eigenvalue weighted by atomic mass is 31.2. The van der Waals surface area contributed by atoms with E-state index in [9.17, 15) is 24.1 Å². The summed E-state index contributed by atoms with van der Waals surface area (Å²) < 4.78 is 27.9. The first-order chi connectivity index (χ1) is 17.6. The molecule has 0 saturated carbocycles. The first-order valence-electron chi connectivity index (χ1n) is 12.3. The van der Waals surface area contributed by atoms with Gasteiger partial charge in [0.2, 0.25) is 11.8 Å². The molecule has 0 aliphatic heterocycles. The highest BCUT2D eigenvalue weighted by Crippen LogP contribution is 2.47. The third-order valence-electron chi connectivity index (χ3n) is 5.05. The molecule has 37 heavy (non-hydrogen) atoms. The number of benzene rings is 1. The molecule has 1 aromatic rings. The van der Waals surface area contributed by atoms with Crippen LogP contribution in [0.3, 0.4) is 0 Å². The average Bonchev–Trinajstić information content (AvgIpc) is 2.85. The Morgan fingerprint density at radius 1 is 1.05 bits per heavy atom. The molecule has 0 aromatic heterocycles. The summed E-state index contributed by atoms with van der Waals surface area (Å²) in [6, 6.07) is 7.55. The molecule has 4 N–H and O–H groups in total. The van der Waals surface area contributed by atoms with Gasteiger partial charge in [-0.05, 0) is 31.7 Å². The Bertz CT molecular complexity index is 900. The summed E-state index contributed by atoms with van der Waals surface area (Å²) >= 11 is 0. The van der Waals surface area contributed by atoms with Crippen molar-refractivity contribution in [2.24, 2.45) is 5.92 Å². The van der Waals surface area contributed by atoms with Gasteiger partial charge in [-0.1, -0.05) is 56.3 Å². The predicted octanol–water partition coefficient (Wildman–Crippen LogP) is 2.74. The molecule has 0 fully saturated rings. The van der Waals surface area contributed by atoms with Crippen molar-refractivity contribution in [3.05, 3.63) is 48.0 Å². The Hall–Kier alpha value is -2.72. The van der Waals surface area contributed by atoms with Crippen LogP contribution in [0.15, 0.2) is 42.5 Å². The van der Waals surface area contributed by atoms with Gasteiger partial charge in [-0.2, -0.15) is 0 Å². The van der Waals surface area contributed by atoms with Gasteiger partial charge in [0.15, 0.2) is 0 Å². The highest BCUT2D eigenvalue weighted by molar-refractivity contribution is 7.54. The lowest BCUT2D eigenvalue weighted by Crippen LogP contribution is -2.51. The maximum atomic E-state index is 12.8. The zero-order chi connectivity index (χ0) is 27.7. The standard InChI is InChI=1S/C25H40N3O8P/c1-5-35-37(33,36-6-2)18-23(30)26-15-11-10-14-21(24(31)27-22(16-29)19(3)4)28-25(32)34-17-20-12-8-7-9-13-20/h7-10,12-14,19,21-22,29H,5-6,11,15-18H2,1-4H3,(H,26,30)(H,27,31)(H,28,32)/b14-10+/t21-,22+/m0/s1. The molecular formula is C25H40N3O8P. The van der Waals surface area contributed by atoms with Crippen LogP contribution in [-0.2, 0) is 34.5 Å². The Labute approximate surface area is 218 Å². The van der Waals surface area contributed by atoms with Crippen molar-refractivity contribution < 1.29 is 37.8 Å². The predicted molar refractivity (Wildman–Crippen MR) is 140 cm³/mol. The largest absolute Gasteiger partial charge is 0.445 e. The van der Waals surface area contributed by atoms with E-state index in [2.05, 4.69) is 16.0 Å². The fraction of sp³-hybridized carbons (Fsp3) is 0.560. The van der Waals surface area contributed by atoms with Crippen molar-refractivity contribution in [2.75, 3.05) is 32.5 Å². The van der Waals surface area contributed by atoms with Gasteiger partial charge in [-0.25, -0.2) is 4.79 Å². The summed E-state index contributed by atoms with van der Waals surface area (Å²) in [5, 5.41) is 17.4. The SMILES string of the molecule is CCOP(=O)(CC(=O)NCC/C=C/[C@H](NC(=O)OCc1ccccc1)C(=O)N[C@H](CO)C(C)C)OCC. The summed E-state index contributed by atoms with van der Waals surface area (Å²) in [5.74, 6) is -1.03. The molecule has 208 valence electrons. The monoisotopic (exact) mass is 541 g/mol. The Balaban J connectivity index is 2.70. The van der Waals surface area contributed by atoms with Crippen molar-refractivity contribution in [1.82, 2.24) is 16.0 Å². The van der Waals surface area contributed by atoms with Gasteiger partial charge < -0.3 is 34.8 Å². The topological polar surface area (TPSA) is 152 Å². The van der Waals surface area contributed by atoms with Gasteiger partial charge in [0.05, 0.1) is 25.9 Å². The van der Waals surface area contributed by atoms with E-state index in [1.165, 1.54) is 6.08 Å². The molecule has 2 atom stereocenters. The van der Waals surface area contributed by atoms with Gasteiger partial charge >= 0.3 is 13.7 Å². The van der Waals surface area contributed by atoms with Gasteiger partial charge in [0, 0.05) is 6.54 Å². The Morgan fingerprint density at radius 3 is 2.27 bits per heavy atom. The number of hydrogen-bond acceptors (Lipinski definition) is 8. The van der Waals surface area contributed by atoms with Crippen molar-refractivity contribution in [2.45, 2.75) is 52.8 Å². The van der Waals surface area contributed by atoms with E-state index in [1.807, 2.05) is 44.2 Å². The smallest absolute Gasteiger partial charge is 0.408 e. The zero-order valence-electron chi connectivity index (χ0n) is 22.0. The third-order valence-corrected chi connectivity index (χ3v) is 7.03. The van der Waals surface area contributed by atoms with Gasteiger partial charge in [0.1, 0.15) is 18.8 Å². The van der Waals surface area contributed by atoms with E-state index in [4.69, 9.17) is 13.8 Å². The second kappa shape index (κ2) is 17.7. The molecule has 0 bridgehead atoms. The molecular weight excluding hydrogens is 501 g/mol. The molecule has 3 amide bonds. The van der Waals surface area contributed by atoms with Crippen LogP contribution >= 0.6 is 7.60 Å². The number of carbonyl (C=O) groups excluding carboxylic acids is 3. The summed E-state index contributed by atoms with van der Waals surface area (Å²) in [4.78, 5) is 37.3. The summed E-state index contributed by atoms with van der Waals surface area (Å²) in [6.07, 6.45) is 2.25. The number of aliphatic hydroxyl groups is 1. The van der Waals surface area contributed by atoms with E-state index in [-0.39, 0.29) is 38.9 Å². The van der Waals surface area contributed by atoms with Crippen molar-refractivity contribution in [1.29, 1.82) is 0 Å². The maximum Gasteiger partial charge on any atom is 0.408 e. The van der Waals surface area contributed by atoms with Gasteiger partial charge in [-0.15, -0.1) is 0 Å². The number of ether oxygens (including phenoxy) is 1. The van der Waals surface area contributed by atoms with Crippen LogP contribution in [0, 0.1) is 5.92 Å². The van der Waals surface area contributed by atoms with Crippen LogP contribution in [0.1, 0.15) is 39.7 Å². The highest BCUT2D eigenvalue weighted by Gasteiger charge is 2.27. The van der Waals surface area contributed by atoms with E-state index in [0.717, 1.165) is 5.56 Å². The van der Waals surface area contributed by atoms with Gasteiger partial charge in [-0.3, -0.25) is 14.2 Å². The van der Waals surface area contributed by atoms with Crippen LogP contribution in [0.25, 0.3) is 0 Å². The minimum Gasteiger partial charge on any atom is -0.445 e. The van der Waals surface area contributed by atoms with E-state index >= 15 is 0 Å². The van der Waals surface area contributed by atoms with Crippen LogP contribution < -0.4 is 16.0 Å². The molecule has 12 heteroatoms. The third kappa shape index (κ3) is 13.4. The molecule has 0 radical (unpaired) electrons. The number of alkyl carbamates (subject to hydrolysis) is 1.